The maximum absolute atomic E-state index is 12.8. The molecular formula is C19H19NO6S. The van der Waals surface area contributed by atoms with Crippen LogP contribution in [0, 0.1) is 6.92 Å². The summed E-state index contributed by atoms with van der Waals surface area (Å²) in [4.78, 5) is 11.6. The second-order valence-electron chi connectivity index (χ2n) is 5.82. The van der Waals surface area contributed by atoms with Gasteiger partial charge in [0.25, 0.3) is 0 Å². The topological polar surface area (TPSA) is 90.9 Å². The molecule has 0 aliphatic carbocycles. The van der Waals surface area contributed by atoms with E-state index < -0.39 is 20.7 Å². The van der Waals surface area contributed by atoms with Crippen LogP contribution in [0.15, 0.2) is 58.5 Å². The molecule has 2 aromatic carbocycles. The molecule has 8 heteroatoms. The number of carbonyl (C=O) groups excluding carboxylic acids is 1. The lowest BCUT2D eigenvalue weighted by Crippen LogP contribution is -2.17. The summed E-state index contributed by atoms with van der Waals surface area (Å²) in [6, 6.07) is 11.3. The molecule has 142 valence electrons. The van der Waals surface area contributed by atoms with Crippen molar-refractivity contribution in [3.63, 3.8) is 0 Å². The van der Waals surface area contributed by atoms with E-state index >= 15 is 0 Å². The van der Waals surface area contributed by atoms with Crippen LogP contribution in [0.5, 0.6) is 11.5 Å². The number of carbonyl (C=O) groups is 1. The second-order valence-corrected chi connectivity index (χ2v) is 7.74. The van der Waals surface area contributed by atoms with Gasteiger partial charge < -0.3 is 19.5 Å². The molecule has 0 amide bonds. The third kappa shape index (κ3) is 4.06. The largest absolute Gasteiger partial charge is 0.486 e. The normalized spacial score (nSPS) is 13.8. The average molecular weight is 389 g/mol. The van der Waals surface area contributed by atoms with E-state index in [1.54, 1.807) is 30.3 Å². The number of ether oxygens (including phenoxy) is 3. The van der Waals surface area contributed by atoms with Crippen LogP contribution >= 0.6 is 0 Å². The lowest BCUT2D eigenvalue weighted by atomic mass is 10.2. The van der Waals surface area contributed by atoms with Crippen molar-refractivity contribution in [3.8, 4) is 11.5 Å². The Labute approximate surface area is 157 Å². The summed E-state index contributed by atoms with van der Waals surface area (Å²) in [6.45, 7) is 2.75. The van der Waals surface area contributed by atoms with Gasteiger partial charge in [-0.2, -0.15) is 0 Å². The molecule has 0 spiro atoms. The molecule has 0 bridgehead atoms. The van der Waals surface area contributed by atoms with Crippen LogP contribution in [0.25, 0.3) is 0 Å². The first-order chi connectivity index (χ1) is 12.9. The summed E-state index contributed by atoms with van der Waals surface area (Å²) in [7, 11) is -2.92. The first-order valence-electron chi connectivity index (χ1n) is 8.18. The van der Waals surface area contributed by atoms with Gasteiger partial charge in [0.05, 0.1) is 12.0 Å². The summed E-state index contributed by atoms with van der Waals surface area (Å²) >= 11 is 0. The molecule has 1 aliphatic heterocycles. The van der Waals surface area contributed by atoms with Crippen molar-refractivity contribution in [1.29, 1.82) is 0 Å². The maximum Gasteiger partial charge on any atom is 0.351 e. The molecule has 1 aliphatic rings. The molecule has 3 rings (SSSR count). The van der Waals surface area contributed by atoms with Crippen molar-refractivity contribution in [2.45, 2.75) is 11.8 Å². The van der Waals surface area contributed by atoms with E-state index in [1.165, 1.54) is 12.1 Å². The van der Waals surface area contributed by atoms with Crippen molar-refractivity contribution < 1.29 is 27.4 Å². The molecule has 0 saturated heterocycles. The highest BCUT2D eigenvalue weighted by Gasteiger charge is 2.28. The number of sulfone groups is 1. The van der Waals surface area contributed by atoms with E-state index in [0.29, 0.717) is 30.4 Å². The monoisotopic (exact) mass is 389 g/mol. The third-order valence-corrected chi connectivity index (χ3v) is 5.68. The zero-order valence-corrected chi connectivity index (χ0v) is 15.7. The predicted octanol–water partition coefficient (Wildman–Crippen LogP) is 2.67. The fourth-order valence-corrected chi connectivity index (χ4v) is 3.74. The van der Waals surface area contributed by atoms with E-state index in [2.05, 4.69) is 10.1 Å². The number of benzene rings is 2. The molecule has 0 radical (unpaired) electrons. The van der Waals surface area contributed by atoms with Crippen LogP contribution in [0.3, 0.4) is 0 Å². The van der Waals surface area contributed by atoms with Crippen LogP contribution in [0.1, 0.15) is 5.56 Å². The standard InChI is InChI=1S/C19H19NO6S/c1-13-3-6-15(7-4-13)27(22,23)18(19(21)24-2)12-20-14-5-8-16-17(11-14)26-10-9-25-16/h3-8,11-12,20H,9-10H2,1-2H3/b18-12+. The Morgan fingerprint density at radius 2 is 1.74 bits per heavy atom. The Morgan fingerprint density at radius 1 is 1.07 bits per heavy atom. The van der Waals surface area contributed by atoms with E-state index in [1.807, 2.05) is 6.92 Å². The Kier molecular flexibility index (Phi) is 5.36. The molecule has 7 nitrogen and oxygen atoms in total. The van der Waals surface area contributed by atoms with E-state index in [9.17, 15) is 13.2 Å². The van der Waals surface area contributed by atoms with Crippen LogP contribution < -0.4 is 14.8 Å². The van der Waals surface area contributed by atoms with Crippen LogP contribution in [0.4, 0.5) is 5.69 Å². The number of esters is 1. The molecule has 0 aromatic heterocycles. The molecule has 0 fully saturated rings. The van der Waals surface area contributed by atoms with Gasteiger partial charge in [0.15, 0.2) is 16.4 Å². The van der Waals surface area contributed by atoms with Gasteiger partial charge in [-0.3, -0.25) is 0 Å². The average Bonchev–Trinajstić information content (AvgIpc) is 2.68. The molecule has 1 heterocycles. The number of aryl methyl sites for hydroxylation is 1. The zero-order chi connectivity index (χ0) is 19.4. The van der Waals surface area contributed by atoms with Gasteiger partial charge in [-0.05, 0) is 31.2 Å². The van der Waals surface area contributed by atoms with Gasteiger partial charge in [0.1, 0.15) is 13.2 Å². The number of hydrogen-bond donors (Lipinski definition) is 1. The minimum absolute atomic E-state index is 0.00808. The van der Waals surface area contributed by atoms with E-state index in [-0.39, 0.29) is 4.90 Å². The van der Waals surface area contributed by atoms with Gasteiger partial charge in [0, 0.05) is 18.0 Å². The number of anilines is 1. The van der Waals surface area contributed by atoms with Gasteiger partial charge in [-0.15, -0.1) is 0 Å². The number of methoxy groups -OCH3 is 1. The summed E-state index contributed by atoms with van der Waals surface area (Å²) in [6.07, 6.45) is 1.12. The molecule has 0 saturated carbocycles. The first-order valence-corrected chi connectivity index (χ1v) is 9.66. The summed E-state index contributed by atoms with van der Waals surface area (Å²) in [5, 5.41) is 2.82. The lowest BCUT2D eigenvalue weighted by molar-refractivity contribution is -0.135. The Bertz CT molecular complexity index is 980. The van der Waals surface area contributed by atoms with Gasteiger partial charge in [-0.1, -0.05) is 17.7 Å². The van der Waals surface area contributed by atoms with Crippen molar-refractivity contribution in [3.05, 3.63) is 59.1 Å². The highest BCUT2D eigenvalue weighted by Crippen LogP contribution is 2.32. The van der Waals surface area contributed by atoms with Crippen LogP contribution in [-0.2, 0) is 19.4 Å². The van der Waals surface area contributed by atoms with E-state index in [4.69, 9.17) is 9.47 Å². The SMILES string of the molecule is COC(=O)/C(=C\Nc1ccc2c(c1)OCCO2)S(=O)(=O)c1ccc(C)cc1. The fourth-order valence-electron chi connectivity index (χ4n) is 2.47. The summed E-state index contributed by atoms with van der Waals surface area (Å²) in [5.74, 6) is 0.192. The molecule has 2 aromatic rings. The van der Waals surface area contributed by atoms with Gasteiger partial charge in [0.2, 0.25) is 9.84 Å². The van der Waals surface area contributed by atoms with Crippen molar-refractivity contribution in [2.75, 3.05) is 25.6 Å². The summed E-state index contributed by atoms with van der Waals surface area (Å²) in [5.41, 5.74) is 1.45. The van der Waals surface area contributed by atoms with Crippen molar-refractivity contribution >= 4 is 21.5 Å². The minimum Gasteiger partial charge on any atom is -0.486 e. The fraction of sp³-hybridized carbons (Fsp3) is 0.211. The first kappa shape index (κ1) is 18.8. The highest BCUT2D eigenvalue weighted by atomic mass is 32.2. The molecule has 1 N–H and O–H groups in total. The van der Waals surface area contributed by atoms with Crippen molar-refractivity contribution in [2.24, 2.45) is 0 Å². The Hall–Kier alpha value is -3.00. The number of nitrogens with one attached hydrogen (secondary N) is 1. The highest BCUT2D eigenvalue weighted by molar-refractivity contribution is 7.96. The molecular weight excluding hydrogens is 370 g/mol. The molecule has 27 heavy (non-hydrogen) atoms. The van der Waals surface area contributed by atoms with E-state index in [0.717, 1.165) is 18.9 Å². The van der Waals surface area contributed by atoms with Gasteiger partial charge >= 0.3 is 5.97 Å². The van der Waals surface area contributed by atoms with Gasteiger partial charge in [-0.25, -0.2) is 13.2 Å². The number of rotatable bonds is 5. The smallest absolute Gasteiger partial charge is 0.351 e. The summed E-state index contributed by atoms with van der Waals surface area (Å²) < 4.78 is 41.3. The number of fused-ring (bicyclic) bond motifs is 1. The lowest BCUT2D eigenvalue weighted by Gasteiger charge is -2.18. The molecule has 0 unspecified atom stereocenters. The third-order valence-electron chi connectivity index (χ3n) is 3.92. The zero-order valence-electron chi connectivity index (χ0n) is 14.9. The quantitative estimate of drug-likeness (QED) is 0.621. The van der Waals surface area contributed by atoms with Crippen LogP contribution in [0.2, 0.25) is 0 Å². The van der Waals surface area contributed by atoms with Crippen molar-refractivity contribution in [1.82, 2.24) is 0 Å². The Balaban J connectivity index is 1.93. The molecule has 0 atom stereocenters. The Morgan fingerprint density at radius 3 is 2.41 bits per heavy atom. The maximum atomic E-state index is 12.8. The predicted molar refractivity (Wildman–Crippen MR) is 99.5 cm³/mol. The minimum atomic E-state index is -4.05. The number of hydrogen-bond acceptors (Lipinski definition) is 7. The second kappa shape index (κ2) is 7.71. The van der Waals surface area contributed by atoms with Crippen LogP contribution in [-0.4, -0.2) is 34.7 Å².